The number of unbranched alkanes of at least 4 members (excludes halogenated alkanes) is 13. The predicted octanol–water partition coefficient (Wildman–Crippen LogP) is 6.16. The summed E-state index contributed by atoms with van der Waals surface area (Å²) in [6.07, 6.45) is 20.5. The van der Waals surface area contributed by atoms with Gasteiger partial charge in [0.1, 0.15) is 12.6 Å². The molecule has 0 heterocycles. The third-order valence-corrected chi connectivity index (χ3v) is 5.75. The molecule has 0 aliphatic rings. The fourth-order valence-electron chi connectivity index (χ4n) is 3.99. The Bertz CT molecular complexity index is 358. The molecule has 0 aromatic rings. The number of aliphatic carboxylic acids is 1. The molecule has 0 bridgehead atoms. The maximum Gasteiger partial charge on any atom is 0.303 e. The molecule has 0 radical (unpaired) electrons. The van der Waals surface area contributed by atoms with E-state index in [9.17, 15) is 9.90 Å². The summed E-state index contributed by atoms with van der Waals surface area (Å²) in [5, 5.41) is 19.0. The van der Waals surface area contributed by atoms with Gasteiger partial charge in [-0.1, -0.05) is 96.8 Å². The topological polar surface area (TPSA) is 57.5 Å². The van der Waals surface area contributed by atoms with Gasteiger partial charge in [0.15, 0.2) is 0 Å². The molecule has 28 heavy (non-hydrogen) atoms. The minimum Gasteiger partial charge on any atom is -0.481 e. The van der Waals surface area contributed by atoms with Gasteiger partial charge in [-0.05, 0) is 6.42 Å². The molecule has 0 amide bonds. The lowest BCUT2D eigenvalue weighted by atomic mass is 10.0. The Morgan fingerprint density at radius 1 is 0.750 bits per heavy atom. The molecule has 1 unspecified atom stereocenters. The van der Waals surface area contributed by atoms with Gasteiger partial charge in [0, 0.05) is 6.42 Å². The standard InChI is InChI=1S/C24H49NO3/c1-4-5-6-7-8-9-10-11-12-13-14-15-16-17-19-23(26)22-25(2,3)21-18-20-24(27)28/h23,26H,4-22H2,1-3H3/p+1. The molecule has 0 aromatic heterocycles. The highest BCUT2D eigenvalue weighted by molar-refractivity contribution is 5.66. The first-order chi connectivity index (χ1) is 13.4. The van der Waals surface area contributed by atoms with Crippen molar-refractivity contribution in [3.05, 3.63) is 0 Å². The average Bonchev–Trinajstić information content (AvgIpc) is 2.61. The lowest BCUT2D eigenvalue weighted by Gasteiger charge is -2.31. The van der Waals surface area contributed by atoms with Crippen LogP contribution in [0.5, 0.6) is 0 Å². The SMILES string of the molecule is CCCCCCCCCCCCCCCCC(O)C[N+](C)(C)CCCC(=O)O. The van der Waals surface area contributed by atoms with Crippen molar-refractivity contribution in [3.8, 4) is 0 Å². The summed E-state index contributed by atoms with van der Waals surface area (Å²) in [6, 6.07) is 0. The third-order valence-electron chi connectivity index (χ3n) is 5.75. The number of carbonyl (C=O) groups is 1. The monoisotopic (exact) mass is 400 g/mol. The van der Waals surface area contributed by atoms with Crippen LogP contribution in [0.2, 0.25) is 0 Å². The minimum atomic E-state index is -0.733. The van der Waals surface area contributed by atoms with Gasteiger partial charge in [0.25, 0.3) is 0 Å². The second-order valence-corrected chi connectivity index (χ2v) is 9.38. The minimum absolute atomic E-state index is 0.219. The van der Waals surface area contributed by atoms with Gasteiger partial charge in [-0.3, -0.25) is 4.79 Å². The van der Waals surface area contributed by atoms with Crippen LogP contribution in [0.25, 0.3) is 0 Å². The molecule has 0 fully saturated rings. The molecule has 0 aromatic carbocycles. The molecule has 0 saturated carbocycles. The molecule has 0 saturated heterocycles. The van der Waals surface area contributed by atoms with Gasteiger partial charge in [-0.2, -0.15) is 0 Å². The highest BCUT2D eigenvalue weighted by Crippen LogP contribution is 2.14. The quantitative estimate of drug-likeness (QED) is 0.179. The average molecular weight is 401 g/mol. The Kier molecular flexibility index (Phi) is 18.0. The summed E-state index contributed by atoms with van der Waals surface area (Å²) in [5.74, 6) is -0.733. The summed E-state index contributed by atoms with van der Waals surface area (Å²) >= 11 is 0. The van der Waals surface area contributed by atoms with Gasteiger partial charge >= 0.3 is 5.97 Å². The Morgan fingerprint density at radius 3 is 1.61 bits per heavy atom. The van der Waals surface area contributed by atoms with Crippen molar-refractivity contribution in [2.75, 3.05) is 27.2 Å². The lowest BCUT2D eigenvalue weighted by molar-refractivity contribution is -0.893. The Labute approximate surface area is 175 Å². The van der Waals surface area contributed by atoms with E-state index in [1.165, 1.54) is 83.5 Å². The van der Waals surface area contributed by atoms with Crippen LogP contribution in [0.3, 0.4) is 0 Å². The van der Waals surface area contributed by atoms with Crippen molar-refractivity contribution in [1.82, 2.24) is 0 Å². The third kappa shape index (κ3) is 20.1. The predicted molar refractivity (Wildman–Crippen MR) is 120 cm³/mol. The zero-order chi connectivity index (χ0) is 21.1. The second kappa shape index (κ2) is 18.4. The summed E-state index contributed by atoms with van der Waals surface area (Å²) in [5.41, 5.74) is 0. The number of carboxylic acid groups (broad SMARTS) is 1. The number of carboxylic acids is 1. The first-order valence-electron chi connectivity index (χ1n) is 12.1. The normalized spacial score (nSPS) is 13.0. The van der Waals surface area contributed by atoms with Gasteiger partial charge in [-0.25, -0.2) is 0 Å². The number of aliphatic hydroxyl groups is 1. The van der Waals surface area contributed by atoms with Crippen molar-refractivity contribution >= 4 is 5.97 Å². The molecular formula is C24H50NO3+. The maximum atomic E-state index is 10.6. The van der Waals surface area contributed by atoms with E-state index < -0.39 is 5.97 Å². The van der Waals surface area contributed by atoms with Crippen LogP contribution in [0.15, 0.2) is 0 Å². The summed E-state index contributed by atoms with van der Waals surface area (Å²) in [4.78, 5) is 10.6. The van der Waals surface area contributed by atoms with Crippen LogP contribution >= 0.6 is 0 Å². The van der Waals surface area contributed by atoms with Gasteiger partial charge in [0.2, 0.25) is 0 Å². The van der Waals surface area contributed by atoms with Crippen molar-refractivity contribution in [2.45, 2.75) is 122 Å². The Hall–Kier alpha value is -0.610. The van der Waals surface area contributed by atoms with Gasteiger partial charge in [-0.15, -0.1) is 0 Å². The van der Waals surface area contributed by atoms with Crippen LogP contribution in [0.1, 0.15) is 116 Å². The Morgan fingerprint density at radius 2 is 1.18 bits per heavy atom. The van der Waals surface area contributed by atoms with E-state index in [0.29, 0.717) is 10.9 Å². The molecule has 0 aliphatic heterocycles. The first kappa shape index (κ1) is 27.4. The van der Waals surface area contributed by atoms with Gasteiger partial charge in [0.05, 0.1) is 27.1 Å². The summed E-state index contributed by atoms with van der Waals surface area (Å²) < 4.78 is 0.701. The Balaban J connectivity index is 3.40. The largest absolute Gasteiger partial charge is 0.481 e. The fourth-order valence-corrected chi connectivity index (χ4v) is 3.99. The van der Waals surface area contributed by atoms with Crippen LogP contribution < -0.4 is 0 Å². The zero-order valence-electron chi connectivity index (χ0n) is 19.3. The van der Waals surface area contributed by atoms with Crippen LogP contribution in [0, 0.1) is 0 Å². The molecule has 0 spiro atoms. The molecular weight excluding hydrogens is 350 g/mol. The second-order valence-electron chi connectivity index (χ2n) is 9.38. The molecule has 0 aliphatic carbocycles. The van der Waals surface area contributed by atoms with E-state index in [2.05, 4.69) is 21.0 Å². The zero-order valence-corrected chi connectivity index (χ0v) is 19.3. The van der Waals surface area contributed by atoms with E-state index in [1.54, 1.807) is 0 Å². The molecule has 0 rings (SSSR count). The maximum absolute atomic E-state index is 10.6. The van der Waals surface area contributed by atoms with Crippen LogP contribution in [-0.2, 0) is 4.79 Å². The number of hydrogen-bond acceptors (Lipinski definition) is 2. The van der Waals surface area contributed by atoms with Crippen molar-refractivity contribution in [3.63, 3.8) is 0 Å². The number of rotatable bonds is 21. The molecule has 4 heteroatoms. The number of nitrogens with zero attached hydrogens (tertiary/aromatic N) is 1. The summed E-state index contributed by atoms with van der Waals surface area (Å²) in [7, 11) is 4.16. The van der Waals surface area contributed by atoms with E-state index in [4.69, 9.17) is 5.11 Å². The van der Waals surface area contributed by atoms with E-state index in [0.717, 1.165) is 25.9 Å². The number of quaternary nitrogens is 1. The van der Waals surface area contributed by atoms with Crippen molar-refractivity contribution in [2.24, 2.45) is 0 Å². The van der Waals surface area contributed by atoms with E-state index in [1.807, 2.05) is 0 Å². The lowest BCUT2D eigenvalue weighted by Crippen LogP contribution is -2.46. The fraction of sp³-hybridized carbons (Fsp3) is 0.958. The molecule has 2 N–H and O–H groups in total. The first-order valence-corrected chi connectivity index (χ1v) is 12.1. The highest BCUT2D eigenvalue weighted by Gasteiger charge is 2.20. The molecule has 168 valence electrons. The van der Waals surface area contributed by atoms with E-state index >= 15 is 0 Å². The van der Waals surface area contributed by atoms with Crippen molar-refractivity contribution < 1.29 is 19.5 Å². The highest BCUT2D eigenvalue weighted by atomic mass is 16.4. The smallest absolute Gasteiger partial charge is 0.303 e. The van der Waals surface area contributed by atoms with E-state index in [-0.39, 0.29) is 12.5 Å². The molecule has 1 atom stereocenters. The van der Waals surface area contributed by atoms with Crippen LogP contribution in [-0.4, -0.2) is 54.0 Å². The summed E-state index contributed by atoms with van der Waals surface area (Å²) in [6.45, 7) is 3.80. The number of hydrogen-bond donors (Lipinski definition) is 2. The van der Waals surface area contributed by atoms with Crippen LogP contribution in [0.4, 0.5) is 0 Å². The molecule has 4 nitrogen and oxygen atoms in total. The van der Waals surface area contributed by atoms with Gasteiger partial charge < -0.3 is 14.7 Å². The van der Waals surface area contributed by atoms with Crippen molar-refractivity contribution in [1.29, 1.82) is 0 Å². The number of aliphatic hydroxyl groups excluding tert-OH is 1. The number of likely N-dealkylation sites (N-methyl/N-ethyl adjacent to an activating group) is 1.